The molecule has 0 N–H and O–H groups in total. The third-order valence-corrected chi connectivity index (χ3v) is 4.18. The molecule has 0 spiro atoms. The number of fused-ring (bicyclic) bond motifs is 1. The molecular weight excluding hydrogens is 363 g/mol. The molecule has 2 aromatic rings. The van der Waals surface area contributed by atoms with Gasteiger partial charge in [-0.15, -0.1) is 11.8 Å². The van der Waals surface area contributed by atoms with E-state index in [1.807, 2.05) is 13.2 Å². The van der Waals surface area contributed by atoms with Crippen LogP contribution in [-0.2, 0) is 16.0 Å². The molecule has 1 heterocycles. The summed E-state index contributed by atoms with van der Waals surface area (Å²) in [7, 11) is 1.39. The van der Waals surface area contributed by atoms with Gasteiger partial charge in [-0.05, 0) is 53.5 Å². The van der Waals surface area contributed by atoms with Crippen LogP contribution in [0.4, 0.5) is 0 Å². The van der Waals surface area contributed by atoms with E-state index in [1.54, 1.807) is 11.8 Å². The Kier molecular flexibility index (Phi) is 4.21. The van der Waals surface area contributed by atoms with E-state index in [4.69, 9.17) is 9.15 Å². The number of furan rings is 1. The molecule has 0 unspecified atom stereocenters. The summed E-state index contributed by atoms with van der Waals surface area (Å²) >= 11 is 3.88. The van der Waals surface area contributed by atoms with Gasteiger partial charge in [-0.25, -0.2) is 0 Å². The third kappa shape index (κ3) is 2.51. The molecule has 0 aliphatic carbocycles. The van der Waals surface area contributed by atoms with Crippen molar-refractivity contribution in [3.8, 4) is 0 Å². The van der Waals surface area contributed by atoms with Crippen molar-refractivity contribution in [3.63, 3.8) is 0 Å². The predicted molar refractivity (Wildman–Crippen MR) is 81.2 cm³/mol. The minimum atomic E-state index is -0.281. The lowest BCUT2D eigenvalue weighted by Gasteiger charge is -1.98. The van der Waals surface area contributed by atoms with Crippen molar-refractivity contribution in [2.45, 2.75) is 18.2 Å². The zero-order chi connectivity index (χ0) is 13.3. The van der Waals surface area contributed by atoms with Crippen LogP contribution in [0.1, 0.15) is 11.3 Å². The summed E-state index contributed by atoms with van der Waals surface area (Å²) < 4.78 is 11.7. The molecule has 18 heavy (non-hydrogen) atoms. The average molecular weight is 376 g/mol. The number of benzene rings is 1. The van der Waals surface area contributed by atoms with Gasteiger partial charge in [0.15, 0.2) is 0 Å². The fraction of sp³-hybridized carbons (Fsp3) is 0.308. The van der Waals surface area contributed by atoms with Gasteiger partial charge in [-0.2, -0.15) is 0 Å². The SMILES string of the molecule is COC(=O)Cc1oc2c(C)cc(I)cc2c1SC. The van der Waals surface area contributed by atoms with E-state index in [2.05, 4.69) is 34.7 Å². The molecule has 0 saturated carbocycles. The monoisotopic (exact) mass is 376 g/mol. The molecule has 0 aliphatic rings. The number of methoxy groups -OCH3 is 1. The standard InChI is InChI=1S/C13H13IO3S/c1-7-4-8(14)5-9-12(7)17-10(13(9)18-3)6-11(15)16-2/h4-5H,6H2,1-3H3. The lowest BCUT2D eigenvalue weighted by atomic mass is 10.2. The van der Waals surface area contributed by atoms with E-state index >= 15 is 0 Å². The number of aryl methyl sites for hydroxylation is 1. The van der Waals surface area contributed by atoms with Gasteiger partial charge in [0.25, 0.3) is 0 Å². The molecule has 2 rings (SSSR count). The van der Waals surface area contributed by atoms with Gasteiger partial charge in [-0.3, -0.25) is 4.79 Å². The number of hydrogen-bond acceptors (Lipinski definition) is 4. The molecule has 96 valence electrons. The van der Waals surface area contributed by atoms with Crippen molar-refractivity contribution in [1.29, 1.82) is 0 Å². The van der Waals surface area contributed by atoms with Crippen molar-refractivity contribution >= 4 is 51.3 Å². The summed E-state index contributed by atoms with van der Waals surface area (Å²) in [6.45, 7) is 2.01. The van der Waals surface area contributed by atoms with Gasteiger partial charge >= 0.3 is 5.97 Å². The first-order valence-electron chi connectivity index (χ1n) is 5.39. The summed E-state index contributed by atoms with van der Waals surface area (Å²) in [5, 5.41) is 1.07. The smallest absolute Gasteiger partial charge is 0.313 e. The van der Waals surface area contributed by atoms with Crippen molar-refractivity contribution in [2.75, 3.05) is 13.4 Å². The second kappa shape index (κ2) is 5.52. The molecule has 0 amide bonds. The van der Waals surface area contributed by atoms with Crippen LogP contribution < -0.4 is 0 Å². The van der Waals surface area contributed by atoms with Crippen LogP contribution in [0, 0.1) is 10.5 Å². The number of esters is 1. The Morgan fingerprint density at radius 2 is 2.22 bits per heavy atom. The molecule has 0 saturated heterocycles. The van der Waals surface area contributed by atoms with Crippen LogP contribution in [-0.4, -0.2) is 19.3 Å². The highest BCUT2D eigenvalue weighted by molar-refractivity contribution is 14.1. The number of carbonyl (C=O) groups is 1. The van der Waals surface area contributed by atoms with Crippen molar-refractivity contribution in [1.82, 2.24) is 0 Å². The molecule has 0 aliphatic heterocycles. The fourth-order valence-corrected chi connectivity index (χ4v) is 3.39. The van der Waals surface area contributed by atoms with Gasteiger partial charge in [0.2, 0.25) is 0 Å². The van der Waals surface area contributed by atoms with Crippen LogP contribution in [0.5, 0.6) is 0 Å². The maximum absolute atomic E-state index is 11.4. The first kappa shape index (κ1) is 13.7. The first-order chi connectivity index (χ1) is 8.56. The topological polar surface area (TPSA) is 39.4 Å². The molecule has 0 radical (unpaired) electrons. The van der Waals surface area contributed by atoms with E-state index in [-0.39, 0.29) is 12.4 Å². The lowest BCUT2D eigenvalue weighted by molar-refractivity contribution is -0.140. The maximum atomic E-state index is 11.4. The number of ether oxygens (including phenoxy) is 1. The van der Waals surface area contributed by atoms with Gasteiger partial charge in [-0.1, -0.05) is 0 Å². The number of thioether (sulfide) groups is 1. The third-order valence-electron chi connectivity index (χ3n) is 2.70. The van der Waals surface area contributed by atoms with E-state index in [0.717, 1.165) is 21.4 Å². The minimum absolute atomic E-state index is 0.178. The van der Waals surface area contributed by atoms with Gasteiger partial charge < -0.3 is 9.15 Å². The van der Waals surface area contributed by atoms with Crippen molar-refractivity contribution < 1.29 is 13.9 Å². The Bertz CT molecular complexity index is 604. The van der Waals surface area contributed by atoms with Gasteiger partial charge in [0.1, 0.15) is 17.8 Å². The quantitative estimate of drug-likeness (QED) is 0.464. The Hall–Kier alpha value is -0.690. The fourth-order valence-electron chi connectivity index (χ4n) is 1.90. The molecule has 0 atom stereocenters. The van der Waals surface area contributed by atoms with Crippen LogP contribution >= 0.6 is 34.4 Å². The summed E-state index contributed by atoms with van der Waals surface area (Å²) in [6, 6.07) is 4.15. The highest BCUT2D eigenvalue weighted by Crippen LogP contribution is 2.36. The summed E-state index contributed by atoms with van der Waals surface area (Å²) in [4.78, 5) is 12.4. The van der Waals surface area contributed by atoms with E-state index in [1.165, 1.54) is 10.7 Å². The lowest BCUT2D eigenvalue weighted by Crippen LogP contribution is -2.04. The Balaban J connectivity index is 2.61. The first-order valence-corrected chi connectivity index (χ1v) is 7.69. The molecule has 3 nitrogen and oxygen atoms in total. The van der Waals surface area contributed by atoms with Crippen molar-refractivity contribution in [2.24, 2.45) is 0 Å². The summed E-state index contributed by atoms with van der Waals surface area (Å²) in [5.74, 6) is 0.408. The Labute approximate surface area is 123 Å². The van der Waals surface area contributed by atoms with Crippen LogP contribution in [0.2, 0.25) is 0 Å². The summed E-state index contributed by atoms with van der Waals surface area (Å²) in [5.41, 5.74) is 1.95. The normalized spacial score (nSPS) is 10.9. The van der Waals surface area contributed by atoms with Crippen LogP contribution in [0.3, 0.4) is 0 Å². The zero-order valence-electron chi connectivity index (χ0n) is 10.4. The zero-order valence-corrected chi connectivity index (χ0v) is 13.3. The van der Waals surface area contributed by atoms with E-state index in [0.29, 0.717) is 5.76 Å². The molecule has 0 fully saturated rings. The Morgan fingerprint density at radius 1 is 1.50 bits per heavy atom. The number of carbonyl (C=O) groups excluding carboxylic acids is 1. The highest BCUT2D eigenvalue weighted by Gasteiger charge is 2.18. The number of hydrogen-bond donors (Lipinski definition) is 0. The van der Waals surface area contributed by atoms with Crippen LogP contribution in [0.25, 0.3) is 11.0 Å². The number of halogens is 1. The van der Waals surface area contributed by atoms with E-state index in [9.17, 15) is 4.79 Å². The van der Waals surface area contributed by atoms with Gasteiger partial charge in [0, 0.05) is 8.96 Å². The molecular formula is C13H13IO3S. The summed E-state index contributed by atoms with van der Waals surface area (Å²) in [6.07, 6.45) is 2.16. The second-order valence-electron chi connectivity index (χ2n) is 3.91. The Morgan fingerprint density at radius 3 is 2.83 bits per heavy atom. The predicted octanol–water partition coefficient (Wildman–Crippen LogP) is 3.78. The van der Waals surface area contributed by atoms with E-state index < -0.39 is 0 Å². The molecule has 5 heteroatoms. The number of rotatable bonds is 3. The highest BCUT2D eigenvalue weighted by atomic mass is 127. The van der Waals surface area contributed by atoms with Gasteiger partial charge in [0.05, 0.1) is 12.0 Å². The maximum Gasteiger partial charge on any atom is 0.313 e. The largest absolute Gasteiger partial charge is 0.469 e. The minimum Gasteiger partial charge on any atom is -0.469 e. The molecule has 1 aromatic carbocycles. The van der Waals surface area contributed by atoms with Crippen LogP contribution in [0.15, 0.2) is 21.4 Å². The van der Waals surface area contributed by atoms with Crippen molar-refractivity contribution in [3.05, 3.63) is 27.0 Å². The average Bonchev–Trinajstić information content (AvgIpc) is 2.66. The molecule has 1 aromatic heterocycles. The second-order valence-corrected chi connectivity index (χ2v) is 5.97. The molecule has 0 bridgehead atoms.